The van der Waals surface area contributed by atoms with Crippen molar-refractivity contribution in [3.63, 3.8) is 0 Å². The van der Waals surface area contributed by atoms with Gasteiger partial charge in [0.25, 0.3) is 0 Å². The molecular formula is C10H9NO2. The molecule has 0 N–H and O–H groups in total. The van der Waals surface area contributed by atoms with Crippen LogP contribution in [0, 0.1) is 0 Å². The molecule has 13 heavy (non-hydrogen) atoms. The van der Waals surface area contributed by atoms with Crippen molar-refractivity contribution in [3.8, 4) is 17.1 Å². The van der Waals surface area contributed by atoms with E-state index in [9.17, 15) is 0 Å². The van der Waals surface area contributed by atoms with Crippen molar-refractivity contribution in [3.05, 3.63) is 36.5 Å². The minimum absolute atomic E-state index is 0.766. The number of nitrogens with zero attached hydrogens (tertiary/aromatic N) is 1. The van der Waals surface area contributed by atoms with E-state index in [1.54, 1.807) is 13.3 Å². The molecule has 2 rings (SSSR count). The standard InChI is InChI=1S/C10H9NO2/c1-12-9-4-2-8(3-5-9)10-6-7-11-13-10/h2-7H,1H3. The van der Waals surface area contributed by atoms with Crippen LogP contribution >= 0.6 is 0 Å². The monoisotopic (exact) mass is 175 g/mol. The van der Waals surface area contributed by atoms with Gasteiger partial charge >= 0.3 is 0 Å². The van der Waals surface area contributed by atoms with Gasteiger partial charge in [0.1, 0.15) is 5.75 Å². The van der Waals surface area contributed by atoms with Crippen molar-refractivity contribution >= 4 is 0 Å². The van der Waals surface area contributed by atoms with Crippen LogP contribution in [0.15, 0.2) is 41.1 Å². The number of benzene rings is 1. The Labute approximate surface area is 75.9 Å². The third kappa shape index (κ3) is 1.54. The molecule has 0 fully saturated rings. The zero-order valence-electron chi connectivity index (χ0n) is 7.23. The molecule has 66 valence electrons. The summed E-state index contributed by atoms with van der Waals surface area (Å²) < 4.78 is 10.0. The summed E-state index contributed by atoms with van der Waals surface area (Å²) in [5, 5.41) is 3.63. The van der Waals surface area contributed by atoms with Crippen LogP contribution in [0.5, 0.6) is 5.75 Å². The molecule has 1 aromatic carbocycles. The Kier molecular flexibility index (Phi) is 2.00. The Morgan fingerprint density at radius 2 is 1.92 bits per heavy atom. The van der Waals surface area contributed by atoms with E-state index in [2.05, 4.69) is 5.16 Å². The molecule has 0 aliphatic rings. The van der Waals surface area contributed by atoms with Crippen molar-refractivity contribution in [2.75, 3.05) is 7.11 Å². The zero-order valence-corrected chi connectivity index (χ0v) is 7.23. The highest BCUT2D eigenvalue weighted by Crippen LogP contribution is 2.21. The topological polar surface area (TPSA) is 35.3 Å². The first-order valence-electron chi connectivity index (χ1n) is 3.95. The maximum Gasteiger partial charge on any atom is 0.166 e. The lowest BCUT2D eigenvalue weighted by molar-refractivity contribution is 0.414. The molecule has 0 amide bonds. The number of aromatic nitrogens is 1. The zero-order chi connectivity index (χ0) is 9.10. The van der Waals surface area contributed by atoms with Gasteiger partial charge in [0.2, 0.25) is 0 Å². The molecule has 0 saturated carbocycles. The minimum atomic E-state index is 0.766. The first kappa shape index (κ1) is 7.86. The molecule has 1 aromatic heterocycles. The Balaban J connectivity index is 2.33. The molecular weight excluding hydrogens is 166 g/mol. The fraction of sp³-hybridized carbons (Fsp3) is 0.100. The third-order valence-electron chi connectivity index (χ3n) is 1.81. The van der Waals surface area contributed by atoms with E-state index in [0.717, 1.165) is 17.1 Å². The van der Waals surface area contributed by atoms with E-state index in [1.807, 2.05) is 30.3 Å². The molecule has 0 aliphatic heterocycles. The fourth-order valence-corrected chi connectivity index (χ4v) is 1.12. The van der Waals surface area contributed by atoms with Gasteiger partial charge in [0.05, 0.1) is 13.3 Å². The van der Waals surface area contributed by atoms with Crippen LogP contribution in [-0.4, -0.2) is 12.3 Å². The van der Waals surface area contributed by atoms with Crippen molar-refractivity contribution in [1.29, 1.82) is 0 Å². The Bertz CT molecular complexity index is 364. The Morgan fingerprint density at radius 3 is 2.46 bits per heavy atom. The molecule has 3 nitrogen and oxygen atoms in total. The lowest BCUT2D eigenvalue weighted by Gasteiger charge is -1.99. The highest BCUT2D eigenvalue weighted by Gasteiger charge is 2.00. The van der Waals surface area contributed by atoms with Crippen LogP contribution in [0.1, 0.15) is 0 Å². The van der Waals surface area contributed by atoms with Gasteiger partial charge in [0.15, 0.2) is 5.76 Å². The summed E-state index contributed by atoms with van der Waals surface area (Å²) in [6, 6.07) is 9.45. The SMILES string of the molecule is COc1ccc(-c2ccno2)cc1. The normalized spacial score (nSPS) is 9.92. The van der Waals surface area contributed by atoms with Gasteiger partial charge in [-0.15, -0.1) is 0 Å². The molecule has 0 spiro atoms. The van der Waals surface area contributed by atoms with Gasteiger partial charge in [-0.3, -0.25) is 0 Å². The quantitative estimate of drug-likeness (QED) is 0.702. The summed E-state index contributed by atoms with van der Waals surface area (Å²) in [7, 11) is 1.64. The van der Waals surface area contributed by atoms with E-state index < -0.39 is 0 Å². The summed E-state index contributed by atoms with van der Waals surface area (Å²) in [5.74, 6) is 1.60. The van der Waals surface area contributed by atoms with Crippen LogP contribution < -0.4 is 4.74 Å². The van der Waals surface area contributed by atoms with Crippen molar-refractivity contribution in [1.82, 2.24) is 5.16 Å². The van der Waals surface area contributed by atoms with Crippen LogP contribution in [0.25, 0.3) is 11.3 Å². The van der Waals surface area contributed by atoms with E-state index in [4.69, 9.17) is 9.26 Å². The highest BCUT2D eigenvalue weighted by atomic mass is 16.5. The summed E-state index contributed by atoms with van der Waals surface area (Å²) in [5.41, 5.74) is 0.998. The summed E-state index contributed by atoms with van der Waals surface area (Å²) in [4.78, 5) is 0. The van der Waals surface area contributed by atoms with E-state index in [0.29, 0.717) is 0 Å². The maximum absolute atomic E-state index is 5.04. The molecule has 0 bridgehead atoms. The Hall–Kier alpha value is -1.77. The third-order valence-corrected chi connectivity index (χ3v) is 1.81. The number of rotatable bonds is 2. The van der Waals surface area contributed by atoms with Gasteiger partial charge in [0, 0.05) is 11.6 Å². The number of ether oxygens (including phenoxy) is 1. The second-order valence-electron chi connectivity index (χ2n) is 2.61. The summed E-state index contributed by atoms with van der Waals surface area (Å²) in [6.07, 6.45) is 1.62. The van der Waals surface area contributed by atoms with Gasteiger partial charge in [-0.2, -0.15) is 0 Å². The van der Waals surface area contributed by atoms with Gasteiger partial charge in [-0.1, -0.05) is 5.16 Å². The van der Waals surface area contributed by atoms with Crippen LogP contribution in [-0.2, 0) is 0 Å². The minimum Gasteiger partial charge on any atom is -0.497 e. The molecule has 1 heterocycles. The van der Waals surface area contributed by atoms with Crippen LogP contribution in [0.3, 0.4) is 0 Å². The van der Waals surface area contributed by atoms with E-state index in [-0.39, 0.29) is 0 Å². The number of hydrogen-bond acceptors (Lipinski definition) is 3. The Morgan fingerprint density at radius 1 is 1.15 bits per heavy atom. The highest BCUT2D eigenvalue weighted by molar-refractivity contribution is 5.57. The predicted molar refractivity (Wildman–Crippen MR) is 48.5 cm³/mol. The summed E-state index contributed by atoms with van der Waals surface area (Å²) in [6.45, 7) is 0. The van der Waals surface area contributed by atoms with Gasteiger partial charge in [-0.25, -0.2) is 0 Å². The van der Waals surface area contributed by atoms with Crippen LogP contribution in [0.2, 0.25) is 0 Å². The van der Waals surface area contributed by atoms with Crippen LogP contribution in [0.4, 0.5) is 0 Å². The molecule has 3 heteroatoms. The first-order chi connectivity index (χ1) is 6.40. The molecule has 0 aliphatic carbocycles. The number of hydrogen-bond donors (Lipinski definition) is 0. The molecule has 0 radical (unpaired) electrons. The maximum atomic E-state index is 5.04. The second-order valence-corrected chi connectivity index (χ2v) is 2.61. The average molecular weight is 175 g/mol. The second kappa shape index (κ2) is 3.31. The number of methoxy groups -OCH3 is 1. The van der Waals surface area contributed by atoms with Gasteiger partial charge < -0.3 is 9.26 Å². The smallest absolute Gasteiger partial charge is 0.166 e. The molecule has 0 atom stereocenters. The fourth-order valence-electron chi connectivity index (χ4n) is 1.12. The van der Waals surface area contributed by atoms with Crippen molar-refractivity contribution < 1.29 is 9.26 Å². The molecule has 0 saturated heterocycles. The lowest BCUT2D eigenvalue weighted by atomic mass is 10.2. The van der Waals surface area contributed by atoms with E-state index in [1.165, 1.54) is 0 Å². The largest absolute Gasteiger partial charge is 0.497 e. The molecule has 0 unspecified atom stereocenters. The predicted octanol–water partition coefficient (Wildman–Crippen LogP) is 2.35. The van der Waals surface area contributed by atoms with Crippen molar-refractivity contribution in [2.45, 2.75) is 0 Å². The summed E-state index contributed by atoms with van der Waals surface area (Å²) >= 11 is 0. The van der Waals surface area contributed by atoms with Gasteiger partial charge in [-0.05, 0) is 24.3 Å². The first-order valence-corrected chi connectivity index (χ1v) is 3.95. The van der Waals surface area contributed by atoms with Crippen molar-refractivity contribution in [2.24, 2.45) is 0 Å². The average Bonchev–Trinajstić information content (AvgIpc) is 2.71. The molecule has 2 aromatic rings. The van der Waals surface area contributed by atoms with E-state index >= 15 is 0 Å². The lowest BCUT2D eigenvalue weighted by Crippen LogP contribution is -1.81.